The first kappa shape index (κ1) is 13.9. The molecule has 2 nitrogen and oxygen atoms in total. The molecular formula is C14H17F3N2. The molecule has 1 unspecified atom stereocenters. The molecule has 19 heavy (non-hydrogen) atoms. The lowest BCUT2D eigenvalue weighted by Crippen LogP contribution is -2.11. The highest BCUT2D eigenvalue weighted by Gasteiger charge is 2.31. The van der Waals surface area contributed by atoms with Gasteiger partial charge in [-0.2, -0.15) is 13.2 Å². The molecule has 0 saturated heterocycles. The molecule has 5 heteroatoms. The summed E-state index contributed by atoms with van der Waals surface area (Å²) in [5, 5.41) is 3.99. The molecule has 2 aromatic rings. The first-order valence-electron chi connectivity index (χ1n) is 6.25. The van der Waals surface area contributed by atoms with E-state index >= 15 is 0 Å². The highest BCUT2D eigenvalue weighted by molar-refractivity contribution is 5.85. The van der Waals surface area contributed by atoms with E-state index in [0.29, 0.717) is 12.1 Å². The first-order chi connectivity index (χ1) is 8.88. The van der Waals surface area contributed by atoms with Gasteiger partial charge in [0.1, 0.15) is 0 Å². The summed E-state index contributed by atoms with van der Waals surface area (Å²) in [6.45, 7) is 4.56. The molecular weight excluding hydrogens is 253 g/mol. The van der Waals surface area contributed by atoms with Crippen LogP contribution in [0.15, 0.2) is 24.4 Å². The maximum Gasteiger partial charge on any atom is 0.416 e. The number of aromatic nitrogens is 1. The van der Waals surface area contributed by atoms with Crippen molar-refractivity contribution < 1.29 is 13.2 Å². The lowest BCUT2D eigenvalue weighted by atomic mass is 10.1. The van der Waals surface area contributed by atoms with E-state index in [9.17, 15) is 13.2 Å². The van der Waals surface area contributed by atoms with Gasteiger partial charge in [-0.3, -0.25) is 0 Å². The number of benzene rings is 1. The van der Waals surface area contributed by atoms with Gasteiger partial charge in [0.15, 0.2) is 0 Å². The summed E-state index contributed by atoms with van der Waals surface area (Å²) in [4.78, 5) is 0. The van der Waals surface area contributed by atoms with E-state index in [1.165, 1.54) is 6.07 Å². The van der Waals surface area contributed by atoms with Crippen molar-refractivity contribution in [3.8, 4) is 0 Å². The third-order valence-electron chi connectivity index (χ3n) is 3.48. The van der Waals surface area contributed by atoms with Crippen molar-refractivity contribution in [2.75, 3.05) is 7.05 Å². The van der Waals surface area contributed by atoms with Crippen LogP contribution < -0.4 is 5.32 Å². The smallest absolute Gasteiger partial charge is 0.347 e. The molecule has 0 amide bonds. The van der Waals surface area contributed by atoms with E-state index in [4.69, 9.17) is 0 Å². The first-order valence-corrected chi connectivity index (χ1v) is 6.25. The lowest BCUT2D eigenvalue weighted by molar-refractivity contribution is -0.137. The molecule has 1 atom stereocenters. The number of halogens is 3. The molecule has 0 radical (unpaired) electrons. The summed E-state index contributed by atoms with van der Waals surface area (Å²) in [7, 11) is 1.84. The Kier molecular flexibility index (Phi) is 3.58. The van der Waals surface area contributed by atoms with E-state index < -0.39 is 11.7 Å². The average Bonchev–Trinajstić information content (AvgIpc) is 2.74. The Labute approximate surface area is 110 Å². The molecule has 1 aromatic carbocycles. The zero-order chi connectivity index (χ0) is 14.2. The van der Waals surface area contributed by atoms with Crippen LogP contribution in [0.3, 0.4) is 0 Å². The van der Waals surface area contributed by atoms with Gasteiger partial charge in [-0.15, -0.1) is 0 Å². The Balaban J connectivity index is 2.66. The molecule has 1 N–H and O–H groups in total. The topological polar surface area (TPSA) is 17.0 Å². The highest BCUT2D eigenvalue weighted by Crippen LogP contribution is 2.34. The van der Waals surface area contributed by atoms with Gasteiger partial charge in [0.25, 0.3) is 0 Å². The Morgan fingerprint density at radius 3 is 2.53 bits per heavy atom. The second-order valence-electron chi connectivity index (χ2n) is 4.61. The molecule has 0 aliphatic heterocycles. The summed E-state index contributed by atoms with van der Waals surface area (Å²) < 4.78 is 40.1. The maximum absolute atomic E-state index is 12.8. The van der Waals surface area contributed by atoms with Gasteiger partial charge in [0, 0.05) is 29.7 Å². The number of alkyl halides is 3. The SMILES string of the molecule is CCn1cc(C(C)NC)c2ccc(C(F)(F)F)cc21. The van der Waals surface area contributed by atoms with E-state index in [1.807, 2.05) is 31.7 Å². The van der Waals surface area contributed by atoms with Crippen LogP contribution in [0.4, 0.5) is 13.2 Å². The Bertz CT molecular complexity index is 584. The number of hydrogen-bond acceptors (Lipinski definition) is 1. The molecule has 2 rings (SSSR count). The number of rotatable bonds is 3. The van der Waals surface area contributed by atoms with Crippen molar-refractivity contribution in [1.82, 2.24) is 9.88 Å². The minimum Gasteiger partial charge on any atom is -0.347 e. The van der Waals surface area contributed by atoms with E-state index in [1.54, 1.807) is 6.07 Å². The summed E-state index contributed by atoms with van der Waals surface area (Å²) >= 11 is 0. The monoisotopic (exact) mass is 270 g/mol. The van der Waals surface area contributed by atoms with E-state index in [-0.39, 0.29) is 6.04 Å². The number of fused-ring (bicyclic) bond motifs is 1. The van der Waals surface area contributed by atoms with Gasteiger partial charge in [0.2, 0.25) is 0 Å². The van der Waals surface area contributed by atoms with Crippen LogP contribution >= 0.6 is 0 Å². The third-order valence-corrected chi connectivity index (χ3v) is 3.48. The van der Waals surface area contributed by atoms with Gasteiger partial charge in [-0.1, -0.05) is 6.07 Å². The Morgan fingerprint density at radius 2 is 2.00 bits per heavy atom. The van der Waals surface area contributed by atoms with Crippen LogP contribution in [0, 0.1) is 0 Å². The average molecular weight is 270 g/mol. The van der Waals surface area contributed by atoms with Crippen LogP contribution in [-0.2, 0) is 12.7 Å². The molecule has 0 fully saturated rings. The van der Waals surface area contributed by atoms with E-state index in [0.717, 1.165) is 17.0 Å². The predicted molar refractivity (Wildman–Crippen MR) is 70.1 cm³/mol. The van der Waals surface area contributed by atoms with Crippen LogP contribution in [-0.4, -0.2) is 11.6 Å². The summed E-state index contributed by atoms with van der Waals surface area (Å²) in [5.41, 5.74) is 1.05. The fraction of sp³-hybridized carbons (Fsp3) is 0.429. The van der Waals surface area contributed by atoms with Crippen LogP contribution in [0.1, 0.15) is 31.0 Å². The summed E-state index contributed by atoms with van der Waals surface area (Å²) in [6, 6.07) is 4.04. The second kappa shape index (κ2) is 4.89. The van der Waals surface area contributed by atoms with Gasteiger partial charge < -0.3 is 9.88 Å². The predicted octanol–water partition coefficient (Wildman–Crippen LogP) is 3.96. The van der Waals surface area contributed by atoms with Crippen LogP contribution in [0.2, 0.25) is 0 Å². The lowest BCUT2D eigenvalue weighted by Gasteiger charge is -2.10. The van der Waals surface area contributed by atoms with Crippen LogP contribution in [0.25, 0.3) is 10.9 Å². The standard InChI is InChI=1S/C14H17F3N2/c1-4-19-8-12(9(2)18-3)11-6-5-10(7-13(11)19)14(15,16)17/h5-9,18H,4H2,1-3H3. The normalized spacial score (nSPS) is 14.0. The van der Waals surface area contributed by atoms with Gasteiger partial charge >= 0.3 is 6.18 Å². The Hall–Kier alpha value is -1.49. The number of nitrogens with zero attached hydrogens (tertiary/aromatic N) is 1. The molecule has 104 valence electrons. The number of aryl methyl sites for hydroxylation is 1. The molecule has 1 heterocycles. The largest absolute Gasteiger partial charge is 0.416 e. The minimum absolute atomic E-state index is 0.104. The molecule has 0 saturated carbocycles. The Morgan fingerprint density at radius 1 is 1.32 bits per heavy atom. The highest BCUT2D eigenvalue weighted by atomic mass is 19.4. The molecule has 1 aromatic heterocycles. The molecule has 0 aliphatic rings. The summed E-state index contributed by atoms with van der Waals surface area (Å²) in [6.07, 6.45) is -2.38. The summed E-state index contributed by atoms with van der Waals surface area (Å²) in [5.74, 6) is 0. The van der Waals surface area contributed by atoms with Crippen molar-refractivity contribution in [3.05, 3.63) is 35.5 Å². The number of hydrogen-bond donors (Lipinski definition) is 1. The van der Waals surface area contributed by atoms with Crippen LogP contribution in [0.5, 0.6) is 0 Å². The van der Waals surface area contributed by atoms with E-state index in [2.05, 4.69) is 5.32 Å². The minimum atomic E-state index is -4.30. The zero-order valence-corrected chi connectivity index (χ0v) is 11.2. The van der Waals surface area contributed by atoms with Gasteiger partial charge in [-0.05, 0) is 38.6 Å². The molecule has 0 aliphatic carbocycles. The number of nitrogens with one attached hydrogen (secondary N) is 1. The maximum atomic E-state index is 12.8. The third kappa shape index (κ3) is 2.47. The fourth-order valence-corrected chi connectivity index (χ4v) is 2.26. The van der Waals surface area contributed by atoms with Gasteiger partial charge in [0.05, 0.1) is 5.56 Å². The second-order valence-corrected chi connectivity index (χ2v) is 4.61. The fourth-order valence-electron chi connectivity index (χ4n) is 2.26. The van der Waals surface area contributed by atoms with Crippen molar-refractivity contribution >= 4 is 10.9 Å². The van der Waals surface area contributed by atoms with Crippen molar-refractivity contribution in [1.29, 1.82) is 0 Å². The quantitative estimate of drug-likeness (QED) is 0.893. The molecule has 0 bridgehead atoms. The van der Waals surface area contributed by atoms with Crippen molar-refractivity contribution in [2.24, 2.45) is 0 Å². The van der Waals surface area contributed by atoms with Crippen molar-refractivity contribution in [2.45, 2.75) is 32.6 Å². The molecule has 0 spiro atoms. The zero-order valence-electron chi connectivity index (χ0n) is 11.2. The van der Waals surface area contributed by atoms with Gasteiger partial charge in [-0.25, -0.2) is 0 Å². The van der Waals surface area contributed by atoms with Crippen molar-refractivity contribution in [3.63, 3.8) is 0 Å².